The number of fused-ring (bicyclic) bond motifs is 9. The summed E-state index contributed by atoms with van der Waals surface area (Å²) in [6.07, 6.45) is 0. The van der Waals surface area contributed by atoms with Gasteiger partial charge in [0.05, 0.1) is 61.6 Å². The minimum atomic E-state index is 0.662. The van der Waals surface area contributed by atoms with Crippen molar-refractivity contribution < 1.29 is 0 Å². The number of rotatable bonds is 6. The Kier molecular flexibility index (Phi) is 9.08. The summed E-state index contributed by atoms with van der Waals surface area (Å²) in [5.41, 5.74) is 22.4. The predicted octanol–water partition coefficient (Wildman–Crippen LogP) is 15.4. The molecule has 0 spiro atoms. The van der Waals surface area contributed by atoms with Gasteiger partial charge in [-0.25, -0.2) is 19.9 Å². The van der Waals surface area contributed by atoms with Crippen LogP contribution in [0.3, 0.4) is 0 Å². The van der Waals surface area contributed by atoms with E-state index in [0.717, 1.165) is 101 Å². The van der Waals surface area contributed by atoms with Crippen LogP contribution in [0.25, 0.3) is 117 Å². The molecule has 6 heterocycles. The van der Waals surface area contributed by atoms with Crippen LogP contribution in [0.1, 0.15) is 33.6 Å². The fourth-order valence-corrected chi connectivity index (χ4v) is 10.6. The highest BCUT2D eigenvalue weighted by Gasteiger charge is 2.28. The molecule has 0 saturated carbocycles. The first-order chi connectivity index (χ1) is 33.6. The molecule has 0 unspecified atom stereocenters. The molecule has 0 N–H and O–H groups in total. The second-order valence-corrected chi connectivity index (χ2v) is 18.8. The van der Waals surface area contributed by atoms with Gasteiger partial charge < -0.3 is 13.7 Å². The number of aromatic nitrogens is 7. The maximum atomic E-state index is 5.50. The molecule has 0 aliphatic rings. The smallest absolute Gasteiger partial charge is 0.160 e. The molecule has 7 aromatic carbocycles. The van der Waals surface area contributed by atoms with E-state index in [9.17, 15) is 0 Å². The number of nitrogens with zero attached hydrogens (tertiary/aromatic N) is 7. The third kappa shape index (κ3) is 6.49. The van der Waals surface area contributed by atoms with Crippen LogP contribution in [0.4, 0.5) is 0 Å². The van der Waals surface area contributed by atoms with Crippen molar-refractivity contribution >= 4 is 65.7 Å². The number of aryl methyl sites for hydroxylation is 6. The molecule has 0 radical (unpaired) electrons. The van der Waals surface area contributed by atoms with Crippen molar-refractivity contribution in [2.75, 3.05) is 0 Å². The topological polar surface area (TPSA) is 66.3 Å². The standard InChI is InChI=1S/C62H47N7/c1-36-17-23-51-45(29-36)46-30-37(2)18-24-52(46)67(51)57-33-44(50-35-49(42-13-9-7-10-14-42)65-62(66-50)43-15-11-8-12-16-43)34-58(68-53-25-19-38(3)31-47(53)48-32-39(4)20-26-54(48)68)61(57)69-55-27-21-40(5)63-59(55)60-56(69)28-22-41(6)64-60/h7-35H,1-6H3. The lowest BCUT2D eigenvalue weighted by Gasteiger charge is -2.23. The summed E-state index contributed by atoms with van der Waals surface area (Å²) in [7, 11) is 0. The van der Waals surface area contributed by atoms with Gasteiger partial charge in [0.2, 0.25) is 0 Å². The van der Waals surface area contributed by atoms with Gasteiger partial charge >= 0.3 is 0 Å². The van der Waals surface area contributed by atoms with Gasteiger partial charge in [0, 0.05) is 49.6 Å². The van der Waals surface area contributed by atoms with Crippen LogP contribution in [-0.2, 0) is 0 Å². The van der Waals surface area contributed by atoms with Crippen molar-refractivity contribution in [2.24, 2.45) is 0 Å². The first-order valence-corrected chi connectivity index (χ1v) is 23.6. The van der Waals surface area contributed by atoms with Gasteiger partial charge in [-0.1, -0.05) is 107 Å². The van der Waals surface area contributed by atoms with Gasteiger partial charge in [-0.3, -0.25) is 0 Å². The van der Waals surface area contributed by atoms with E-state index >= 15 is 0 Å². The second-order valence-electron chi connectivity index (χ2n) is 18.8. The summed E-state index contributed by atoms with van der Waals surface area (Å²) in [5, 5.41) is 4.80. The van der Waals surface area contributed by atoms with Crippen molar-refractivity contribution in [3.8, 4) is 51.0 Å². The highest BCUT2D eigenvalue weighted by molar-refractivity contribution is 6.13. The van der Waals surface area contributed by atoms with Gasteiger partial charge in [-0.2, -0.15) is 0 Å². The van der Waals surface area contributed by atoms with Gasteiger partial charge in [0.15, 0.2) is 5.82 Å². The molecule has 0 bridgehead atoms. The third-order valence-electron chi connectivity index (χ3n) is 13.8. The van der Waals surface area contributed by atoms with E-state index in [1.165, 1.54) is 43.8 Å². The Morgan fingerprint density at radius 2 is 0.681 bits per heavy atom. The summed E-state index contributed by atoms with van der Waals surface area (Å²) in [4.78, 5) is 21.2. The summed E-state index contributed by atoms with van der Waals surface area (Å²) >= 11 is 0. The van der Waals surface area contributed by atoms with E-state index in [4.69, 9.17) is 19.9 Å². The predicted molar refractivity (Wildman–Crippen MR) is 285 cm³/mol. The number of pyridine rings is 2. The zero-order valence-corrected chi connectivity index (χ0v) is 39.4. The Balaban J connectivity index is 1.28. The Morgan fingerprint density at radius 3 is 1.10 bits per heavy atom. The lowest BCUT2D eigenvalue weighted by atomic mass is 10.0. The first-order valence-electron chi connectivity index (χ1n) is 23.6. The maximum Gasteiger partial charge on any atom is 0.160 e. The minimum Gasteiger partial charge on any atom is -0.307 e. The van der Waals surface area contributed by atoms with Crippen LogP contribution in [0.5, 0.6) is 0 Å². The summed E-state index contributed by atoms with van der Waals surface area (Å²) in [6, 6.07) is 63.7. The Labute approximate surface area is 399 Å². The van der Waals surface area contributed by atoms with Gasteiger partial charge in [-0.15, -0.1) is 0 Å². The van der Waals surface area contributed by atoms with Crippen molar-refractivity contribution in [1.82, 2.24) is 33.6 Å². The molecular formula is C62H47N7. The van der Waals surface area contributed by atoms with Crippen molar-refractivity contribution in [2.45, 2.75) is 41.5 Å². The highest BCUT2D eigenvalue weighted by atomic mass is 15.1. The van der Waals surface area contributed by atoms with E-state index in [0.29, 0.717) is 5.82 Å². The molecule has 0 saturated heterocycles. The van der Waals surface area contributed by atoms with Crippen LogP contribution in [-0.4, -0.2) is 33.6 Å². The molecule has 330 valence electrons. The Bertz CT molecular complexity index is 3870. The Hall–Kier alpha value is -8.68. The van der Waals surface area contributed by atoms with E-state index < -0.39 is 0 Å². The molecule has 7 nitrogen and oxygen atoms in total. The highest BCUT2D eigenvalue weighted by Crippen LogP contribution is 2.45. The molecule has 0 amide bonds. The molecule has 13 rings (SSSR count). The minimum absolute atomic E-state index is 0.662. The maximum absolute atomic E-state index is 5.50. The van der Waals surface area contributed by atoms with Crippen LogP contribution in [0.15, 0.2) is 176 Å². The fourth-order valence-electron chi connectivity index (χ4n) is 10.6. The summed E-state index contributed by atoms with van der Waals surface area (Å²) < 4.78 is 7.38. The zero-order chi connectivity index (χ0) is 46.7. The van der Waals surface area contributed by atoms with Crippen molar-refractivity contribution in [3.05, 3.63) is 210 Å². The summed E-state index contributed by atoms with van der Waals surface area (Å²) in [5.74, 6) is 0.662. The zero-order valence-electron chi connectivity index (χ0n) is 39.4. The molecule has 0 fully saturated rings. The molecule has 0 atom stereocenters. The van der Waals surface area contributed by atoms with Gasteiger partial charge in [0.1, 0.15) is 11.0 Å². The molecule has 6 aromatic heterocycles. The number of benzene rings is 7. The quantitative estimate of drug-likeness (QED) is 0.167. The van der Waals surface area contributed by atoms with Crippen molar-refractivity contribution in [3.63, 3.8) is 0 Å². The number of hydrogen-bond donors (Lipinski definition) is 0. The molecule has 0 aliphatic heterocycles. The molecule has 69 heavy (non-hydrogen) atoms. The van der Waals surface area contributed by atoms with Gasteiger partial charge in [0.25, 0.3) is 0 Å². The van der Waals surface area contributed by atoms with Crippen LogP contribution < -0.4 is 0 Å². The molecule has 7 heteroatoms. The lowest BCUT2D eigenvalue weighted by molar-refractivity contribution is 1.05. The lowest BCUT2D eigenvalue weighted by Crippen LogP contribution is -2.10. The largest absolute Gasteiger partial charge is 0.307 e. The monoisotopic (exact) mass is 889 g/mol. The second kappa shape index (κ2) is 15.4. The van der Waals surface area contributed by atoms with Crippen LogP contribution >= 0.6 is 0 Å². The third-order valence-corrected chi connectivity index (χ3v) is 13.8. The van der Waals surface area contributed by atoms with E-state index in [1.807, 2.05) is 24.3 Å². The first kappa shape index (κ1) is 40.6. The molecular weight excluding hydrogens is 843 g/mol. The van der Waals surface area contributed by atoms with E-state index in [2.05, 4.69) is 207 Å². The Morgan fingerprint density at radius 1 is 0.304 bits per heavy atom. The van der Waals surface area contributed by atoms with Crippen molar-refractivity contribution in [1.29, 1.82) is 0 Å². The average molecular weight is 890 g/mol. The van der Waals surface area contributed by atoms with Gasteiger partial charge in [-0.05, 0) is 133 Å². The average Bonchev–Trinajstić information content (AvgIpc) is 3.97. The van der Waals surface area contributed by atoms with Crippen LogP contribution in [0.2, 0.25) is 0 Å². The number of hydrogen-bond acceptors (Lipinski definition) is 4. The van der Waals surface area contributed by atoms with E-state index in [-0.39, 0.29) is 0 Å². The van der Waals surface area contributed by atoms with Crippen LogP contribution in [0, 0.1) is 41.5 Å². The molecule has 0 aliphatic carbocycles. The SMILES string of the molecule is Cc1ccc2c(c1)c1cc(C)ccc1n2-c1cc(-c2cc(-c3ccccc3)nc(-c3ccccc3)n2)cc(-n2c3ccc(C)cc3c3cc(C)ccc32)c1-n1c2ccc(C)nc2c2nc(C)ccc21. The summed E-state index contributed by atoms with van der Waals surface area (Å²) in [6.45, 7) is 12.8. The van der Waals surface area contributed by atoms with E-state index in [1.54, 1.807) is 0 Å². The molecule has 13 aromatic rings. The fraction of sp³-hybridized carbons (Fsp3) is 0.0968. The normalized spacial score (nSPS) is 11.9.